The Kier molecular flexibility index (Phi) is 6.06. The van der Waals surface area contributed by atoms with Gasteiger partial charge in [-0.3, -0.25) is 4.79 Å². The molecule has 1 aliphatic rings. The van der Waals surface area contributed by atoms with Gasteiger partial charge >= 0.3 is 12.0 Å². The summed E-state index contributed by atoms with van der Waals surface area (Å²) < 4.78 is 0. The number of likely N-dealkylation sites (tertiary alicyclic amines) is 1. The molecule has 0 spiro atoms. The summed E-state index contributed by atoms with van der Waals surface area (Å²) in [5, 5.41) is 12.6. The van der Waals surface area contributed by atoms with Crippen molar-refractivity contribution in [1.82, 2.24) is 4.90 Å². The van der Waals surface area contributed by atoms with Gasteiger partial charge in [0.15, 0.2) is 0 Å². The summed E-state index contributed by atoms with van der Waals surface area (Å²) in [5.41, 5.74) is 0.718. The molecule has 136 valence electrons. The van der Waals surface area contributed by atoms with Gasteiger partial charge in [-0.2, -0.15) is 0 Å². The van der Waals surface area contributed by atoms with Crippen molar-refractivity contribution in [2.24, 2.45) is 5.92 Å². The number of carboxylic acids is 1. The molecule has 1 fully saturated rings. The van der Waals surface area contributed by atoms with E-state index in [0.29, 0.717) is 31.0 Å². The van der Waals surface area contributed by atoms with E-state index >= 15 is 0 Å². The first-order chi connectivity index (χ1) is 12.5. The summed E-state index contributed by atoms with van der Waals surface area (Å²) in [4.78, 5) is 27.1. The van der Waals surface area contributed by atoms with Crippen LogP contribution in [0.5, 0.6) is 0 Å². The third-order valence-electron chi connectivity index (χ3n) is 4.29. The van der Waals surface area contributed by atoms with E-state index in [2.05, 4.69) is 5.32 Å². The second kappa shape index (κ2) is 8.47. The Hall–Kier alpha value is -2.18. The highest BCUT2D eigenvalue weighted by atomic mass is 35.5. The molecule has 2 aromatic carbocycles. The van der Waals surface area contributed by atoms with Crippen molar-refractivity contribution < 1.29 is 14.7 Å². The van der Waals surface area contributed by atoms with E-state index in [1.54, 1.807) is 16.7 Å². The van der Waals surface area contributed by atoms with Gasteiger partial charge in [-0.1, -0.05) is 23.4 Å². The molecular formula is C19H19ClN2O3S. The third-order valence-corrected chi connectivity index (χ3v) is 5.55. The van der Waals surface area contributed by atoms with Gasteiger partial charge in [-0.05, 0) is 61.4 Å². The monoisotopic (exact) mass is 390 g/mol. The Morgan fingerprint density at radius 3 is 2.08 bits per heavy atom. The maximum atomic E-state index is 12.3. The van der Waals surface area contributed by atoms with Crippen LogP contribution in [0.3, 0.4) is 0 Å². The molecule has 1 heterocycles. The summed E-state index contributed by atoms with van der Waals surface area (Å²) in [6, 6.07) is 15.1. The van der Waals surface area contributed by atoms with Crippen LogP contribution in [0.4, 0.5) is 10.5 Å². The molecule has 0 radical (unpaired) electrons. The first-order valence-corrected chi connectivity index (χ1v) is 9.53. The van der Waals surface area contributed by atoms with Crippen LogP contribution in [-0.2, 0) is 4.79 Å². The fourth-order valence-electron chi connectivity index (χ4n) is 2.78. The third kappa shape index (κ3) is 4.93. The minimum atomic E-state index is -0.779. The quantitative estimate of drug-likeness (QED) is 0.785. The molecular weight excluding hydrogens is 372 g/mol. The number of hydrogen-bond acceptors (Lipinski definition) is 3. The number of aliphatic carboxylic acids is 1. The van der Waals surface area contributed by atoms with Crippen molar-refractivity contribution >= 4 is 41.1 Å². The summed E-state index contributed by atoms with van der Waals surface area (Å²) in [5.74, 6) is -1.12. The highest BCUT2D eigenvalue weighted by Gasteiger charge is 2.26. The zero-order valence-corrected chi connectivity index (χ0v) is 15.6. The van der Waals surface area contributed by atoms with Crippen LogP contribution in [-0.4, -0.2) is 35.1 Å². The lowest BCUT2D eigenvalue weighted by atomic mass is 9.97. The van der Waals surface area contributed by atoms with Crippen LogP contribution in [0, 0.1) is 5.92 Å². The fraction of sp³-hybridized carbons (Fsp3) is 0.263. The SMILES string of the molecule is O=C(O)C1CCN(C(=O)Nc2ccc(Sc3ccc(Cl)cc3)cc2)CC1. The zero-order chi connectivity index (χ0) is 18.5. The van der Waals surface area contributed by atoms with Gasteiger partial charge in [0.1, 0.15) is 0 Å². The van der Waals surface area contributed by atoms with Gasteiger partial charge in [0, 0.05) is 33.6 Å². The summed E-state index contributed by atoms with van der Waals surface area (Å²) in [6.07, 6.45) is 0.999. The largest absolute Gasteiger partial charge is 0.481 e. The molecule has 3 rings (SSSR count). The number of carboxylic acid groups (broad SMARTS) is 1. The topological polar surface area (TPSA) is 69.6 Å². The Balaban J connectivity index is 1.53. The maximum Gasteiger partial charge on any atom is 0.321 e. The summed E-state index contributed by atoms with van der Waals surface area (Å²) >= 11 is 7.51. The molecule has 2 N–H and O–H groups in total. The molecule has 7 heteroatoms. The Bertz CT molecular complexity index is 772. The number of nitrogens with one attached hydrogen (secondary N) is 1. The molecule has 1 saturated heterocycles. The highest BCUT2D eigenvalue weighted by molar-refractivity contribution is 7.99. The number of carbonyl (C=O) groups is 2. The Morgan fingerprint density at radius 2 is 1.54 bits per heavy atom. The fourth-order valence-corrected chi connectivity index (χ4v) is 3.72. The maximum absolute atomic E-state index is 12.3. The first kappa shape index (κ1) is 18.6. The highest BCUT2D eigenvalue weighted by Crippen LogP contribution is 2.29. The lowest BCUT2D eigenvalue weighted by Crippen LogP contribution is -2.42. The van der Waals surface area contributed by atoms with Gasteiger partial charge in [-0.25, -0.2) is 4.79 Å². The number of rotatable bonds is 4. The average molecular weight is 391 g/mol. The standard InChI is InChI=1S/C19H19ClN2O3S/c20-14-1-5-16(6-2-14)26-17-7-3-15(4-8-17)21-19(25)22-11-9-13(10-12-22)18(23)24/h1-8,13H,9-12H2,(H,21,25)(H,23,24). The first-order valence-electron chi connectivity index (χ1n) is 8.33. The number of carbonyl (C=O) groups excluding carboxylic acids is 1. The van der Waals surface area contributed by atoms with Crippen LogP contribution in [0.15, 0.2) is 58.3 Å². The van der Waals surface area contributed by atoms with Crippen LogP contribution in [0.25, 0.3) is 0 Å². The number of hydrogen-bond donors (Lipinski definition) is 2. The summed E-state index contributed by atoms with van der Waals surface area (Å²) in [7, 11) is 0. The lowest BCUT2D eigenvalue weighted by molar-refractivity contribution is -0.143. The van der Waals surface area contributed by atoms with E-state index in [0.717, 1.165) is 15.5 Å². The van der Waals surface area contributed by atoms with Gasteiger partial charge < -0.3 is 15.3 Å². The predicted molar refractivity (Wildman–Crippen MR) is 103 cm³/mol. The van der Waals surface area contributed by atoms with Gasteiger partial charge in [0.25, 0.3) is 0 Å². The molecule has 2 aromatic rings. The Labute approximate surface area is 161 Å². The number of anilines is 1. The molecule has 0 aromatic heterocycles. The lowest BCUT2D eigenvalue weighted by Gasteiger charge is -2.30. The average Bonchev–Trinajstić information content (AvgIpc) is 2.65. The molecule has 26 heavy (non-hydrogen) atoms. The van der Waals surface area contributed by atoms with Crippen LogP contribution < -0.4 is 5.32 Å². The van der Waals surface area contributed by atoms with E-state index in [-0.39, 0.29) is 11.9 Å². The normalized spacial score (nSPS) is 14.9. The molecule has 0 bridgehead atoms. The summed E-state index contributed by atoms with van der Waals surface area (Å²) in [6.45, 7) is 0.931. The van der Waals surface area contributed by atoms with Gasteiger partial charge in [0.2, 0.25) is 0 Å². The van der Waals surface area contributed by atoms with Crippen LogP contribution in [0.2, 0.25) is 5.02 Å². The molecule has 1 aliphatic heterocycles. The van der Waals surface area contributed by atoms with Crippen molar-refractivity contribution in [3.63, 3.8) is 0 Å². The smallest absolute Gasteiger partial charge is 0.321 e. The molecule has 5 nitrogen and oxygen atoms in total. The predicted octanol–water partition coefficient (Wildman–Crippen LogP) is 4.82. The molecule has 0 saturated carbocycles. The van der Waals surface area contributed by atoms with Gasteiger partial charge in [-0.15, -0.1) is 0 Å². The van der Waals surface area contributed by atoms with Crippen molar-refractivity contribution in [3.05, 3.63) is 53.6 Å². The number of nitrogens with zero attached hydrogens (tertiary/aromatic N) is 1. The van der Waals surface area contributed by atoms with Crippen LogP contribution >= 0.6 is 23.4 Å². The van der Waals surface area contributed by atoms with E-state index in [9.17, 15) is 9.59 Å². The van der Waals surface area contributed by atoms with E-state index in [4.69, 9.17) is 16.7 Å². The molecule has 0 unspecified atom stereocenters. The number of halogens is 1. The minimum absolute atomic E-state index is 0.188. The molecule has 0 atom stereocenters. The second-order valence-corrected chi connectivity index (χ2v) is 7.69. The van der Waals surface area contributed by atoms with Crippen molar-refractivity contribution in [1.29, 1.82) is 0 Å². The number of benzene rings is 2. The van der Waals surface area contributed by atoms with Gasteiger partial charge in [0.05, 0.1) is 5.92 Å². The second-order valence-electron chi connectivity index (χ2n) is 6.11. The minimum Gasteiger partial charge on any atom is -0.481 e. The zero-order valence-electron chi connectivity index (χ0n) is 14.0. The van der Waals surface area contributed by atoms with Crippen molar-refractivity contribution in [2.45, 2.75) is 22.6 Å². The van der Waals surface area contributed by atoms with Crippen molar-refractivity contribution in [3.8, 4) is 0 Å². The van der Waals surface area contributed by atoms with E-state index < -0.39 is 5.97 Å². The molecule has 2 amide bonds. The van der Waals surface area contributed by atoms with Crippen molar-refractivity contribution in [2.75, 3.05) is 18.4 Å². The molecule has 0 aliphatic carbocycles. The van der Waals surface area contributed by atoms with E-state index in [1.165, 1.54) is 0 Å². The van der Waals surface area contributed by atoms with E-state index in [1.807, 2.05) is 48.5 Å². The Morgan fingerprint density at radius 1 is 1.00 bits per heavy atom. The number of urea groups is 1. The van der Waals surface area contributed by atoms with Crippen LogP contribution in [0.1, 0.15) is 12.8 Å². The number of piperidine rings is 1. The number of amides is 2.